The number of carbonyl (C=O) groups is 2. The Morgan fingerprint density at radius 2 is 1.57 bits per heavy atom. The molecule has 0 radical (unpaired) electrons. The van der Waals surface area contributed by atoms with Crippen molar-refractivity contribution in [3.05, 3.63) is 83.2 Å². The standard InChI is InChI=1S/C22H20N4O4/c1-25-17-5-2-3-6-18(17)26(22(25)29)13-12-20(27)23-15-8-10-16(11-9-15)24-21(28)19-7-4-14-30-19/h2-11,14H,12-13H2,1H3,(H,23,27)(H,24,28). The van der Waals surface area contributed by atoms with Crippen molar-refractivity contribution in [3.8, 4) is 0 Å². The summed E-state index contributed by atoms with van der Waals surface area (Å²) in [6.45, 7) is 0.281. The van der Waals surface area contributed by atoms with E-state index in [1.807, 2.05) is 24.3 Å². The number of carbonyl (C=O) groups excluding carboxylic acids is 2. The molecule has 0 aliphatic heterocycles. The molecule has 0 bridgehead atoms. The normalized spacial score (nSPS) is 10.8. The number of nitrogens with one attached hydrogen (secondary N) is 2. The summed E-state index contributed by atoms with van der Waals surface area (Å²) < 4.78 is 8.22. The SMILES string of the molecule is Cn1c(=O)n(CCC(=O)Nc2ccc(NC(=O)c3ccco3)cc2)c2ccccc21. The molecule has 0 saturated carbocycles. The lowest BCUT2D eigenvalue weighted by Gasteiger charge is -2.08. The molecule has 152 valence electrons. The number of amides is 2. The van der Waals surface area contributed by atoms with Crippen molar-refractivity contribution in [1.82, 2.24) is 9.13 Å². The Morgan fingerprint density at radius 3 is 2.23 bits per heavy atom. The number of aromatic nitrogens is 2. The summed E-state index contributed by atoms with van der Waals surface area (Å²) in [5.74, 6) is -0.337. The summed E-state index contributed by atoms with van der Waals surface area (Å²) in [6, 6.07) is 17.5. The van der Waals surface area contributed by atoms with Crippen LogP contribution in [0.5, 0.6) is 0 Å². The van der Waals surface area contributed by atoms with Crippen LogP contribution in [-0.4, -0.2) is 20.9 Å². The van der Waals surface area contributed by atoms with Gasteiger partial charge in [-0.15, -0.1) is 0 Å². The molecule has 2 N–H and O–H groups in total. The van der Waals surface area contributed by atoms with Gasteiger partial charge in [0.2, 0.25) is 5.91 Å². The molecule has 2 aromatic carbocycles. The zero-order chi connectivity index (χ0) is 21.1. The summed E-state index contributed by atoms with van der Waals surface area (Å²) in [6.07, 6.45) is 1.59. The number of benzene rings is 2. The van der Waals surface area contributed by atoms with E-state index in [0.717, 1.165) is 11.0 Å². The Hall–Kier alpha value is -4.07. The predicted octanol–water partition coefficient (Wildman–Crippen LogP) is 3.21. The van der Waals surface area contributed by atoms with Gasteiger partial charge in [-0.1, -0.05) is 12.1 Å². The molecule has 0 atom stereocenters. The molecule has 8 heteroatoms. The van der Waals surface area contributed by atoms with Crippen LogP contribution < -0.4 is 16.3 Å². The van der Waals surface area contributed by atoms with Crippen molar-refractivity contribution in [2.45, 2.75) is 13.0 Å². The summed E-state index contributed by atoms with van der Waals surface area (Å²) in [5, 5.41) is 5.51. The van der Waals surface area contributed by atoms with E-state index in [4.69, 9.17) is 4.42 Å². The molecule has 0 spiro atoms. The first-order chi connectivity index (χ1) is 14.5. The lowest BCUT2D eigenvalue weighted by Crippen LogP contribution is -2.24. The van der Waals surface area contributed by atoms with Gasteiger partial charge in [0, 0.05) is 31.4 Å². The third kappa shape index (κ3) is 3.88. The van der Waals surface area contributed by atoms with Crippen molar-refractivity contribution in [2.24, 2.45) is 7.05 Å². The minimum absolute atomic E-state index is 0.152. The van der Waals surface area contributed by atoms with Crippen molar-refractivity contribution < 1.29 is 14.0 Å². The fourth-order valence-corrected chi connectivity index (χ4v) is 3.25. The van der Waals surface area contributed by atoms with Crippen molar-refractivity contribution in [3.63, 3.8) is 0 Å². The number of anilines is 2. The molecule has 0 aliphatic carbocycles. The number of furan rings is 1. The van der Waals surface area contributed by atoms with Gasteiger partial charge < -0.3 is 15.1 Å². The van der Waals surface area contributed by atoms with E-state index < -0.39 is 0 Å². The minimum atomic E-state index is -0.350. The van der Waals surface area contributed by atoms with Gasteiger partial charge in [-0.05, 0) is 48.5 Å². The summed E-state index contributed by atoms with van der Waals surface area (Å²) in [4.78, 5) is 36.7. The Labute approximate surface area is 171 Å². The van der Waals surface area contributed by atoms with Crippen molar-refractivity contribution in [2.75, 3.05) is 10.6 Å². The average molecular weight is 404 g/mol. The van der Waals surface area contributed by atoms with Gasteiger partial charge in [-0.2, -0.15) is 0 Å². The van der Waals surface area contributed by atoms with Gasteiger partial charge in [0.1, 0.15) is 0 Å². The number of para-hydroxylation sites is 2. The molecule has 0 unspecified atom stereocenters. The second kappa shape index (κ2) is 8.12. The zero-order valence-corrected chi connectivity index (χ0v) is 16.3. The first-order valence-electron chi connectivity index (χ1n) is 9.42. The van der Waals surface area contributed by atoms with E-state index in [0.29, 0.717) is 11.4 Å². The van der Waals surface area contributed by atoms with Crippen LogP contribution in [0.15, 0.2) is 76.1 Å². The third-order valence-electron chi connectivity index (χ3n) is 4.79. The number of aryl methyl sites for hydroxylation is 2. The number of hydrogen-bond donors (Lipinski definition) is 2. The summed E-state index contributed by atoms with van der Waals surface area (Å²) in [5.41, 5.74) is 2.66. The largest absolute Gasteiger partial charge is 0.459 e. The highest BCUT2D eigenvalue weighted by molar-refractivity contribution is 6.02. The summed E-state index contributed by atoms with van der Waals surface area (Å²) >= 11 is 0. The van der Waals surface area contributed by atoms with E-state index in [1.165, 1.54) is 6.26 Å². The molecule has 4 aromatic rings. The summed E-state index contributed by atoms with van der Waals surface area (Å²) in [7, 11) is 1.72. The highest BCUT2D eigenvalue weighted by atomic mass is 16.3. The van der Waals surface area contributed by atoms with Crippen LogP contribution in [0.2, 0.25) is 0 Å². The molecule has 0 saturated heterocycles. The van der Waals surface area contributed by atoms with Crippen LogP contribution >= 0.6 is 0 Å². The van der Waals surface area contributed by atoms with Crippen LogP contribution in [0, 0.1) is 0 Å². The maximum atomic E-state index is 12.4. The number of rotatable bonds is 6. The highest BCUT2D eigenvalue weighted by Crippen LogP contribution is 2.16. The third-order valence-corrected chi connectivity index (χ3v) is 4.79. The van der Waals surface area contributed by atoms with Crippen LogP contribution in [0.1, 0.15) is 17.0 Å². The van der Waals surface area contributed by atoms with Gasteiger partial charge in [0.15, 0.2) is 5.76 Å². The number of nitrogens with zero attached hydrogens (tertiary/aromatic N) is 2. The molecule has 30 heavy (non-hydrogen) atoms. The monoisotopic (exact) mass is 404 g/mol. The molecular formula is C22H20N4O4. The maximum Gasteiger partial charge on any atom is 0.328 e. The Bertz CT molecular complexity index is 1250. The van der Waals surface area contributed by atoms with Crippen LogP contribution in [0.3, 0.4) is 0 Å². The molecular weight excluding hydrogens is 384 g/mol. The lowest BCUT2D eigenvalue weighted by atomic mass is 10.2. The van der Waals surface area contributed by atoms with E-state index in [9.17, 15) is 14.4 Å². The minimum Gasteiger partial charge on any atom is -0.459 e. The quantitative estimate of drug-likeness (QED) is 0.516. The van der Waals surface area contributed by atoms with Crippen LogP contribution in [0.4, 0.5) is 11.4 Å². The van der Waals surface area contributed by atoms with Gasteiger partial charge in [0.05, 0.1) is 17.3 Å². The molecule has 8 nitrogen and oxygen atoms in total. The van der Waals surface area contributed by atoms with E-state index in [1.54, 1.807) is 52.6 Å². The fraction of sp³-hybridized carbons (Fsp3) is 0.136. The first-order valence-corrected chi connectivity index (χ1v) is 9.42. The average Bonchev–Trinajstić information content (AvgIpc) is 3.37. The lowest BCUT2D eigenvalue weighted by molar-refractivity contribution is -0.116. The smallest absolute Gasteiger partial charge is 0.328 e. The van der Waals surface area contributed by atoms with Gasteiger partial charge in [-0.3, -0.25) is 18.7 Å². The van der Waals surface area contributed by atoms with Gasteiger partial charge >= 0.3 is 5.69 Å². The Morgan fingerprint density at radius 1 is 0.900 bits per heavy atom. The number of imidazole rings is 1. The molecule has 2 aromatic heterocycles. The van der Waals surface area contributed by atoms with Crippen molar-refractivity contribution >= 4 is 34.2 Å². The second-order valence-corrected chi connectivity index (χ2v) is 6.79. The highest BCUT2D eigenvalue weighted by Gasteiger charge is 2.12. The second-order valence-electron chi connectivity index (χ2n) is 6.79. The van der Waals surface area contributed by atoms with E-state index in [2.05, 4.69) is 10.6 Å². The Kier molecular flexibility index (Phi) is 5.21. The molecule has 4 rings (SSSR count). The number of hydrogen-bond acceptors (Lipinski definition) is 4. The van der Waals surface area contributed by atoms with Crippen LogP contribution in [0.25, 0.3) is 11.0 Å². The number of fused-ring (bicyclic) bond motifs is 1. The predicted molar refractivity (Wildman–Crippen MR) is 114 cm³/mol. The molecule has 2 heterocycles. The molecule has 0 aliphatic rings. The topological polar surface area (TPSA) is 98.3 Å². The fourth-order valence-electron chi connectivity index (χ4n) is 3.25. The zero-order valence-electron chi connectivity index (χ0n) is 16.3. The van der Waals surface area contributed by atoms with Gasteiger partial charge in [-0.25, -0.2) is 4.79 Å². The first kappa shape index (κ1) is 19.3. The maximum absolute atomic E-state index is 12.4. The van der Waals surface area contributed by atoms with Gasteiger partial charge in [0.25, 0.3) is 5.91 Å². The Balaban J connectivity index is 1.36. The molecule has 0 fully saturated rings. The van der Waals surface area contributed by atoms with Crippen molar-refractivity contribution in [1.29, 1.82) is 0 Å². The molecule has 2 amide bonds. The van der Waals surface area contributed by atoms with E-state index in [-0.39, 0.29) is 36.2 Å². The van der Waals surface area contributed by atoms with E-state index >= 15 is 0 Å². The van der Waals surface area contributed by atoms with Crippen LogP contribution in [-0.2, 0) is 18.4 Å².